The van der Waals surface area contributed by atoms with Crippen LogP contribution in [0.15, 0.2) is 0 Å². The van der Waals surface area contributed by atoms with E-state index in [-0.39, 0.29) is 9.52 Å². The largest absolute Gasteiger partial charge is 0.500 e. The summed E-state index contributed by atoms with van der Waals surface area (Å²) in [6.45, 7) is 19.8. The highest BCUT2D eigenvalue weighted by atomic mass is 28.4. The molecular formula is C30H72N2O8Si4. The Bertz CT molecular complexity index is 574. The van der Waals surface area contributed by atoms with Crippen LogP contribution in [-0.2, 0) is 35.4 Å². The Hall–Kier alpha value is 0.468. The lowest BCUT2D eigenvalue weighted by Crippen LogP contribution is -2.50. The van der Waals surface area contributed by atoms with Gasteiger partial charge in [0, 0.05) is 71.7 Å². The smallest absolute Gasteiger partial charge is 0.398 e. The van der Waals surface area contributed by atoms with Crippen LogP contribution in [0, 0.1) is 0 Å². The third-order valence-electron chi connectivity index (χ3n) is 7.77. The molecule has 0 aliphatic rings. The zero-order valence-electron chi connectivity index (χ0n) is 30.2. The van der Waals surface area contributed by atoms with Crippen LogP contribution in [0.4, 0.5) is 0 Å². The molecular weight excluding hydrogens is 629 g/mol. The molecule has 0 aromatic rings. The van der Waals surface area contributed by atoms with Crippen molar-refractivity contribution in [2.75, 3.05) is 67.0 Å². The first-order valence-electron chi connectivity index (χ1n) is 17.7. The molecule has 44 heavy (non-hydrogen) atoms. The van der Waals surface area contributed by atoms with Gasteiger partial charge in [-0.1, -0.05) is 44.6 Å². The van der Waals surface area contributed by atoms with Crippen molar-refractivity contribution < 1.29 is 35.4 Å². The average molecular weight is 701 g/mol. The molecule has 0 fully saturated rings. The minimum Gasteiger partial charge on any atom is -0.398 e. The van der Waals surface area contributed by atoms with Crippen molar-refractivity contribution in [2.24, 2.45) is 0 Å². The molecule has 0 bridgehead atoms. The minimum atomic E-state index is -2.61. The van der Waals surface area contributed by atoms with E-state index in [9.17, 15) is 0 Å². The van der Waals surface area contributed by atoms with Crippen molar-refractivity contribution in [3.8, 4) is 0 Å². The van der Waals surface area contributed by atoms with Crippen molar-refractivity contribution in [3.63, 3.8) is 0 Å². The highest BCUT2D eigenvalue weighted by molar-refractivity contribution is 6.65. The summed E-state index contributed by atoms with van der Waals surface area (Å²) in [5, 5.41) is 7.68. The maximum absolute atomic E-state index is 6.06. The van der Waals surface area contributed by atoms with E-state index in [1.54, 1.807) is 14.2 Å². The number of rotatable bonds is 34. The van der Waals surface area contributed by atoms with Gasteiger partial charge in [-0.25, -0.2) is 0 Å². The maximum Gasteiger partial charge on any atom is 0.500 e. The second-order valence-corrected chi connectivity index (χ2v) is 22.3. The van der Waals surface area contributed by atoms with Gasteiger partial charge in [0.25, 0.3) is 0 Å². The number of hydrogen-bond donors (Lipinski definition) is 2. The van der Waals surface area contributed by atoms with E-state index >= 15 is 0 Å². The van der Waals surface area contributed by atoms with Gasteiger partial charge in [0.05, 0.1) is 9.52 Å². The van der Waals surface area contributed by atoms with Gasteiger partial charge in [-0.05, 0) is 80.1 Å². The Morgan fingerprint density at radius 2 is 0.864 bits per heavy atom. The van der Waals surface area contributed by atoms with E-state index in [2.05, 4.69) is 17.2 Å². The maximum atomic E-state index is 6.06. The first kappa shape index (κ1) is 44.5. The van der Waals surface area contributed by atoms with Crippen LogP contribution in [0.1, 0.15) is 92.9 Å². The van der Waals surface area contributed by atoms with E-state index in [1.165, 1.54) is 44.6 Å². The fourth-order valence-corrected chi connectivity index (χ4v) is 14.0. The molecule has 10 nitrogen and oxygen atoms in total. The van der Waals surface area contributed by atoms with Crippen LogP contribution in [0.5, 0.6) is 0 Å². The molecule has 0 aromatic carbocycles. The predicted octanol–water partition coefficient (Wildman–Crippen LogP) is 5.62. The molecule has 0 aliphatic carbocycles. The summed E-state index contributed by atoms with van der Waals surface area (Å²) in [6.07, 6.45) is 9.67. The van der Waals surface area contributed by atoms with Crippen LogP contribution < -0.4 is 10.6 Å². The lowest BCUT2D eigenvalue weighted by Gasteiger charge is -2.29. The Labute approximate surface area is 277 Å². The summed E-state index contributed by atoms with van der Waals surface area (Å²) in [7, 11) is -3.90. The van der Waals surface area contributed by atoms with Crippen LogP contribution >= 0.6 is 0 Å². The SMILES string of the molecule is CCO[Si](CCCNC(NCCC[Si](OCC)(OCC)OCC)[SiH2]CCCCCCCC[Si](C)(OC)OC)(OCC)OCC. The highest BCUT2D eigenvalue weighted by Crippen LogP contribution is 2.20. The third kappa shape index (κ3) is 20.6. The molecule has 14 heteroatoms. The van der Waals surface area contributed by atoms with Gasteiger partial charge in [0.1, 0.15) is 0 Å². The molecule has 0 aliphatic heterocycles. The minimum absolute atomic E-state index is 0.340. The fourth-order valence-electron chi connectivity index (χ4n) is 5.41. The van der Waals surface area contributed by atoms with Gasteiger partial charge < -0.3 is 46.0 Å². The molecule has 0 atom stereocenters. The predicted molar refractivity (Wildman–Crippen MR) is 191 cm³/mol. The molecule has 0 radical (unpaired) electrons. The van der Waals surface area contributed by atoms with E-state index in [1.807, 2.05) is 41.5 Å². The van der Waals surface area contributed by atoms with Crippen molar-refractivity contribution in [1.29, 1.82) is 0 Å². The van der Waals surface area contributed by atoms with Crippen molar-refractivity contribution in [2.45, 2.75) is 129 Å². The Kier molecular flexibility index (Phi) is 28.8. The lowest BCUT2D eigenvalue weighted by atomic mass is 10.1. The summed E-state index contributed by atoms with van der Waals surface area (Å²) >= 11 is 0. The van der Waals surface area contributed by atoms with Gasteiger partial charge in [-0.3, -0.25) is 0 Å². The van der Waals surface area contributed by atoms with Gasteiger partial charge in [0.15, 0.2) is 0 Å². The van der Waals surface area contributed by atoms with Gasteiger partial charge in [-0.15, -0.1) is 0 Å². The van der Waals surface area contributed by atoms with E-state index in [0.717, 1.165) is 44.1 Å². The zero-order chi connectivity index (χ0) is 33.0. The van der Waals surface area contributed by atoms with Crippen LogP contribution in [0.3, 0.4) is 0 Å². The van der Waals surface area contributed by atoms with Crippen LogP contribution in [0.2, 0.25) is 30.7 Å². The quantitative estimate of drug-likeness (QED) is 0.0501. The Balaban J connectivity index is 4.82. The number of unbranched alkanes of at least 4 members (excludes halogenated alkanes) is 5. The molecule has 0 aromatic heterocycles. The monoisotopic (exact) mass is 700 g/mol. The fraction of sp³-hybridized carbons (Fsp3) is 1.00. The lowest BCUT2D eigenvalue weighted by molar-refractivity contribution is 0.0701. The molecule has 0 rings (SSSR count). The first-order valence-corrected chi connectivity index (χ1v) is 25.9. The van der Waals surface area contributed by atoms with E-state index in [0.29, 0.717) is 45.4 Å². The first-order chi connectivity index (χ1) is 21.3. The van der Waals surface area contributed by atoms with Crippen LogP contribution in [0.25, 0.3) is 0 Å². The zero-order valence-corrected chi connectivity index (χ0v) is 34.6. The van der Waals surface area contributed by atoms with Gasteiger partial charge in [0.2, 0.25) is 0 Å². The molecule has 0 heterocycles. The Morgan fingerprint density at radius 1 is 0.500 bits per heavy atom. The molecule has 0 unspecified atom stereocenters. The standard InChI is InChI=1S/C30H72N2O8Si4/c1-10-35-43(36-11-2,37-12-3)28-22-24-31-30(32-25-23-29-44(38-13-4,39-14-5)40-15-6)41-26-20-18-16-17-19-21-27-42(9,33-7)34-8/h30-32H,10-29,41H2,1-9H3. The van der Waals surface area contributed by atoms with Crippen molar-refractivity contribution in [3.05, 3.63) is 0 Å². The third-order valence-corrected chi connectivity index (χ3v) is 19.1. The number of hydrogen-bond acceptors (Lipinski definition) is 10. The summed E-state index contributed by atoms with van der Waals surface area (Å²) in [4.78, 5) is 0. The second-order valence-electron chi connectivity index (χ2n) is 11.2. The van der Waals surface area contributed by atoms with Crippen molar-refractivity contribution >= 4 is 35.7 Å². The summed E-state index contributed by atoms with van der Waals surface area (Å²) in [5.74, 6) is 0.394. The summed E-state index contributed by atoms with van der Waals surface area (Å²) in [6, 6.07) is 4.10. The van der Waals surface area contributed by atoms with Crippen LogP contribution in [-0.4, -0.2) is 108 Å². The topological polar surface area (TPSA) is 97.9 Å². The van der Waals surface area contributed by atoms with Crippen molar-refractivity contribution in [1.82, 2.24) is 10.6 Å². The molecule has 266 valence electrons. The van der Waals surface area contributed by atoms with E-state index < -0.39 is 26.2 Å². The van der Waals surface area contributed by atoms with Gasteiger partial charge >= 0.3 is 26.2 Å². The summed E-state index contributed by atoms with van der Waals surface area (Å²) in [5.41, 5.74) is 0. The average Bonchev–Trinajstić information content (AvgIpc) is 3.00. The van der Waals surface area contributed by atoms with E-state index in [4.69, 9.17) is 35.4 Å². The number of nitrogens with one attached hydrogen (secondary N) is 2. The second kappa shape index (κ2) is 28.5. The van der Waals surface area contributed by atoms with Gasteiger partial charge in [-0.2, -0.15) is 0 Å². The normalized spacial score (nSPS) is 13.2. The molecule has 0 spiro atoms. The molecule has 0 amide bonds. The molecule has 0 saturated heterocycles. The molecule has 2 N–H and O–H groups in total. The highest BCUT2D eigenvalue weighted by Gasteiger charge is 2.40. The summed E-state index contributed by atoms with van der Waals surface area (Å²) < 4.78 is 47.6. The molecule has 0 saturated carbocycles. The Morgan fingerprint density at radius 3 is 1.23 bits per heavy atom.